The Bertz CT molecular complexity index is 476. The van der Waals surface area contributed by atoms with E-state index in [0.717, 1.165) is 5.69 Å². The standard InChI is InChI=1S/C13H16N2S/c1-9-6-11(4-5-15-9)13(14-3)12-7-10(2)16-8-12/h4-8,13-14H,1-3H3. The van der Waals surface area contributed by atoms with E-state index in [1.54, 1.807) is 11.3 Å². The van der Waals surface area contributed by atoms with Crippen LogP contribution in [0.4, 0.5) is 0 Å². The molecule has 1 N–H and O–H groups in total. The summed E-state index contributed by atoms with van der Waals surface area (Å²) in [4.78, 5) is 5.58. The smallest absolute Gasteiger partial charge is 0.0583 e. The summed E-state index contributed by atoms with van der Waals surface area (Å²) < 4.78 is 0. The van der Waals surface area contributed by atoms with Crippen molar-refractivity contribution < 1.29 is 0 Å². The molecule has 0 aliphatic heterocycles. The number of rotatable bonds is 3. The third-order valence-electron chi connectivity index (χ3n) is 2.63. The predicted octanol–water partition coefficient (Wildman–Crippen LogP) is 3.07. The Morgan fingerprint density at radius 3 is 2.62 bits per heavy atom. The van der Waals surface area contributed by atoms with E-state index in [1.165, 1.54) is 16.0 Å². The zero-order valence-corrected chi connectivity index (χ0v) is 10.6. The first-order chi connectivity index (χ1) is 7.70. The van der Waals surface area contributed by atoms with Gasteiger partial charge in [-0.2, -0.15) is 0 Å². The molecule has 0 radical (unpaired) electrons. The molecule has 2 heterocycles. The first-order valence-corrected chi connectivity index (χ1v) is 6.23. The molecule has 0 bridgehead atoms. The van der Waals surface area contributed by atoms with Gasteiger partial charge < -0.3 is 5.32 Å². The van der Waals surface area contributed by atoms with Gasteiger partial charge in [-0.1, -0.05) is 0 Å². The van der Waals surface area contributed by atoms with Crippen molar-refractivity contribution in [3.05, 3.63) is 51.5 Å². The summed E-state index contributed by atoms with van der Waals surface area (Å²) in [5.41, 5.74) is 3.66. The molecular formula is C13H16N2S. The molecule has 2 nitrogen and oxygen atoms in total. The van der Waals surface area contributed by atoms with Crippen LogP contribution in [0.25, 0.3) is 0 Å². The van der Waals surface area contributed by atoms with E-state index in [4.69, 9.17) is 0 Å². The van der Waals surface area contributed by atoms with Gasteiger partial charge >= 0.3 is 0 Å². The van der Waals surface area contributed by atoms with E-state index in [2.05, 4.69) is 40.8 Å². The molecule has 16 heavy (non-hydrogen) atoms. The maximum atomic E-state index is 4.23. The maximum absolute atomic E-state index is 4.23. The quantitative estimate of drug-likeness (QED) is 0.879. The molecule has 2 aromatic heterocycles. The van der Waals surface area contributed by atoms with Crippen LogP contribution in [-0.4, -0.2) is 12.0 Å². The Hall–Kier alpha value is -1.19. The lowest BCUT2D eigenvalue weighted by molar-refractivity contribution is 0.692. The Labute approximate surface area is 100 Å². The number of hydrogen-bond donors (Lipinski definition) is 1. The monoisotopic (exact) mass is 232 g/mol. The van der Waals surface area contributed by atoms with Crippen LogP contribution in [-0.2, 0) is 0 Å². The molecular weight excluding hydrogens is 216 g/mol. The van der Waals surface area contributed by atoms with E-state index in [9.17, 15) is 0 Å². The second-order valence-corrected chi connectivity index (χ2v) is 5.06. The SMILES string of the molecule is CNC(c1ccnc(C)c1)c1csc(C)c1. The molecule has 0 aliphatic carbocycles. The van der Waals surface area contributed by atoms with Crippen LogP contribution in [0.5, 0.6) is 0 Å². The summed E-state index contributed by atoms with van der Waals surface area (Å²) in [6.45, 7) is 4.16. The van der Waals surface area contributed by atoms with Gasteiger partial charge in [0.2, 0.25) is 0 Å². The summed E-state index contributed by atoms with van der Waals surface area (Å²) in [5, 5.41) is 5.57. The number of nitrogens with one attached hydrogen (secondary N) is 1. The van der Waals surface area contributed by atoms with Crippen molar-refractivity contribution in [2.45, 2.75) is 19.9 Å². The lowest BCUT2D eigenvalue weighted by Gasteiger charge is -2.15. The molecule has 0 amide bonds. The summed E-state index contributed by atoms with van der Waals surface area (Å²) >= 11 is 1.79. The van der Waals surface area contributed by atoms with E-state index in [-0.39, 0.29) is 6.04 Å². The van der Waals surface area contributed by atoms with Crippen molar-refractivity contribution in [3.63, 3.8) is 0 Å². The van der Waals surface area contributed by atoms with E-state index >= 15 is 0 Å². The number of hydrogen-bond acceptors (Lipinski definition) is 3. The van der Waals surface area contributed by atoms with Crippen molar-refractivity contribution in [1.82, 2.24) is 10.3 Å². The molecule has 0 saturated carbocycles. The van der Waals surface area contributed by atoms with Crippen LogP contribution >= 0.6 is 11.3 Å². The highest BCUT2D eigenvalue weighted by molar-refractivity contribution is 7.10. The summed E-state index contributed by atoms with van der Waals surface area (Å²) in [6, 6.07) is 6.71. The van der Waals surface area contributed by atoms with Gasteiger partial charge in [0.1, 0.15) is 0 Å². The molecule has 1 unspecified atom stereocenters. The molecule has 2 rings (SSSR count). The highest BCUT2D eigenvalue weighted by atomic mass is 32.1. The third-order valence-corrected chi connectivity index (χ3v) is 3.51. The average Bonchev–Trinajstić information content (AvgIpc) is 2.66. The van der Waals surface area contributed by atoms with Gasteiger partial charge in [-0.15, -0.1) is 11.3 Å². The summed E-state index contributed by atoms with van der Waals surface area (Å²) in [7, 11) is 1.99. The highest BCUT2D eigenvalue weighted by Gasteiger charge is 2.13. The molecule has 3 heteroatoms. The van der Waals surface area contributed by atoms with Crippen molar-refractivity contribution >= 4 is 11.3 Å². The van der Waals surface area contributed by atoms with Crippen LogP contribution < -0.4 is 5.32 Å². The second-order valence-electron chi connectivity index (χ2n) is 3.94. The Kier molecular flexibility index (Phi) is 3.36. The Balaban J connectivity index is 2.36. The van der Waals surface area contributed by atoms with Crippen molar-refractivity contribution in [2.24, 2.45) is 0 Å². The van der Waals surface area contributed by atoms with Crippen LogP contribution in [0.15, 0.2) is 29.8 Å². The Morgan fingerprint density at radius 1 is 1.25 bits per heavy atom. The number of nitrogens with zero attached hydrogens (tertiary/aromatic N) is 1. The van der Waals surface area contributed by atoms with E-state index in [0.29, 0.717) is 0 Å². The summed E-state index contributed by atoms with van der Waals surface area (Å²) in [5.74, 6) is 0. The maximum Gasteiger partial charge on any atom is 0.0583 e. The van der Waals surface area contributed by atoms with Crippen LogP contribution in [0, 0.1) is 13.8 Å². The minimum absolute atomic E-state index is 0.270. The fourth-order valence-corrected chi connectivity index (χ4v) is 2.62. The Morgan fingerprint density at radius 2 is 2.06 bits per heavy atom. The van der Waals surface area contributed by atoms with Gasteiger partial charge in [-0.25, -0.2) is 0 Å². The fourth-order valence-electron chi connectivity index (χ4n) is 1.89. The van der Waals surface area contributed by atoms with Crippen molar-refractivity contribution in [3.8, 4) is 0 Å². The fraction of sp³-hybridized carbons (Fsp3) is 0.308. The largest absolute Gasteiger partial charge is 0.309 e. The average molecular weight is 232 g/mol. The number of pyridine rings is 1. The number of thiophene rings is 1. The molecule has 0 aromatic carbocycles. The molecule has 0 spiro atoms. The molecule has 84 valence electrons. The molecule has 0 saturated heterocycles. The van der Waals surface area contributed by atoms with Crippen molar-refractivity contribution in [2.75, 3.05) is 7.05 Å². The van der Waals surface area contributed by atoms with Gasteiger partial charge in [0.05, 0.1) is 6.04 Å². The zero-order chi connectivity index (χ0) is 11.5. The van der Waals surface area contributed by atoms with Gasteiger partial charge in [-0.3, -0.25) is 4.98 Å². The van der Waals surface area contributed by atoms with Gasteiger partial charge in [0.15, 0.2) is 0 Å². The highest BCUT2D eigenvalue weighted by Crippen LogP contribution is 2.25. The first kappa shape index (κ1) is 11.3. The lowest BCUT2D eigenvalue weighted by atomic mass is 10.0. The molecule has 0 fully saturated rings. The number of aryl methyl sites for hydroxylation is 2. The van der Waals surface area contributed by atoms with Gasteiger partial charge in [-0.05, 0) is 55.6 Å². The van der Waals surface area contributed by atoms with Crippen LogP contribution in [0.1, 0.15) is 27.7 Å². The number of aromatic nitrogens is 1. The topological polar surface area (TPSA) is 24.9 Å². The minimum Gasteiger partial charge on any atom is -0.309 e. The van der Waals surface area contributed by atoms with E-state index < -0.39 is 0 Å². The van der Waals surface area contributed by atoms with Gasteiger partial charge in [0, 0.05) is 16.8 Å². The van der Waals surface area contributed by atoms with Gasteiger partial charge in [0.25, 0.3) is 0 Å². The van der Waals surface area contributed by atoms with E-state index in [1.807, 2.05) is 20.2 Å². The van der Waals surface area contributed by atoms with Crippen LogP contribution in [0.3, 0.4) is 0 Å². The predicted molar refractivity (Wildman–Crippen MR) is 68.9 cm³/mol. The minimum atomic E-state index is 0.270. The lowest BCUT2D eigenvalue weighted by Crippen LogP contribution is -2.17. The molecule has 0 aliphatic rings. The molecule has 1 atom stereocenters. The second kappa shape index (κ2) is 4.76. The normalized spacial score (nSPS) is 12.7. The van der Waals surface area contributed by atoms with Crippen LogP contribution in [0.2, 0.25) is 0 Å². The third kappa shape index (κ3) is 2.31. The first-order valence-electron chi connectivity index (χ1n) is 5.35. The summed E-state index contributed by atoms with van der Waals surface area (Å²) in [6.07, 6.45) is 1.87. The van der Waals surface area contributed by atoms with Crippen molar-refractivity contribution in [1.29, 1.82) is 0 Å². The molecule has 2 aromatic rings. The zero-order valence-electron chi connectivity index (χ0n) is 9.82.